The van der Waals surface area contributed by atoms with E-state index in [1.807, 2.05) is 6.07 Å². The summed E-state index contributed by atoms with van der Waals surface area (Å²) in [5, 5.41) is -0.426. The van der Waals surface area contributed by atoms with E-state index in [1.54, 1.807) is 17.0 Å². The number of thioether (sulfide) groups is 1. The number of piperidine rings is 1. The molecule has 2 saturated heterocycles. The van der Waals surface area contributed by atoms with Crippen molar-refractivity contribution in [2.24, 2.45) is 0 Å². The topological polar surface area (TPSA) is 66.9 Å². The minimum Gasteiger partial charge on any atom is -0.495 e. The Bertz CT molecular complexity index is 822. The molecule has 3 amide bonds. The first-order valence-electron chi connectivity index (χ1n) is 8.47. The van der Waals surface area contributed by atoms with Crippen LogP contribution in [0.25, 0.3) is 6.08 Å². The lowest BCUT2D eigenvalue weighted by atomic mass is 10.1. The van der Waals surface area contributed by atoms with Crippen LogP contribution < -0.4 is 4.74 Å². The Morgan fingerprint density at radius 2 is 1.93 bits per heavy atom. The van der Waals surface area contributed by atoms with Gasteiger partial charge in [-0.25, -0.2) is 0 Å². The number of imide groups is 1. The summed E-state index contributed by atoms with van der Waals surface area (Å²) in [5.41, 5.74) is 0.659. The quantitative estimate of drug-likeness (QED) is 0.558. The van der Waals surface area contributed by atoms with Gasteiger partial charge in [-0.1, -0.05) is 15.9 Å². The van der Waals surface area contributed by atoms with Crippen molar-refractivity contribution in [3.05, 3.63) is 31.5 Å². The van der Waals surface area contributed by atoms with E-state index in [2.05, 4.69) is 31.9 Å². The molecule has 0 atom stereocenters. The number of hydrogen-bond donors (Lipinski definition) is 0. The Morgan fingerprint density at radius 3 is 2.59 bits per heavy atom. The fraction of sp³-hybridized carbons (Fsp3) is 0.389. The molecule has 0 aromatic heterocycles. The van der Waals surface area contributed by atoms with Crippen molar-refractivity contribution < 1.29 is 19.1 Å². The van der Waals surface area contributed by atoms with Gasteiger partial charge in [0.15, 0.2) is 0 Å². The molecule has 1 aromatic rings. The second-order valence-electron chi connectivity index (χ2n) is 6.22. The molecule has 0 saturated carbocycles. The van der Waals surface area contributed by atoms with Crippen LogP contribution >= 0.6 is 43.6 Å². The normalized spacial score (nSPS) is 19.1. The summed E-state index contributed by atoms with van der Waals surface area (Å²) in [6.45, 7) is 1.17. The molecule has 2 heterocycles. The Labute approximate surface area is 178 Å². The van der Waals surface area contributed by atoms with Gasteiger partial charge in [0.05, 0.1) is 16.5 Å². The predicted octanol–water partition coefficient (Wildman–Crippen LogP) is 4.27. The summed E-state index contributed by atoms with van der Waals surface area (Å²) in [6.07, 6.45) is 4.65. The zero-order valence-corrected chi connectivity index (χ0v) is 18.7. The summed E-state index contributed by atoms with van der Waals surface area (Å²) in [6, 6.07) is 3.63. The van der Waals surface area contributed by atoms with Gasteiger partial charge in [-0.2, -0.15) is 0 Å². The van der Waals surface area contributed by atoms with Gasteiger partial charge in [0, 0.05) is 23.1 Å². The maximum Gasteiger partial charge on any atom is 0.294 e. The van der Waals surface area contributed by atoms with E-state index in [1.165, 1.54) is 7.11 Å². The number of ether oxygens (including phenoxy) is 1. The molecule has 144 valence electrons. The van der Waals surface area contributed by atoms with Crippen LogP contribution in [0.2, 0.25) is 0 Å². The number of hydrogen-bond acceptors (Lipinski definition) is 5. The van der Waals surface area contributed by atoms with Crippen LogP contribution in [0.5, 0.6) is 5.75 Å². The minimum absolute atomic E-state index is 0.180. The lowest BCUT2D eigenvalue weighted by Crippen LogP contribution is -2.44. The fourth-order valence-corrected chi connectivity index (χ4v) is 5.31. The van der Waals surface area contributed by atoms with E-state index in [-0.39, 0.29) is 17.4 Å². The van der Waals surface area contributed by atoms with Crippen LogP contribution in [0.3, 0.4) is 0 Å². The monoisotopic (exact) mass is 516 g/mol. The second kappa shape index (κ2) is 8.79. The highest BCUT2D eigenvalue weighted by molar-refractivity contribution is 9.11. The van der Waals surface area contributed by atoms with Crippen LogP contribution in [0.1, 0.15) is 24.8 Å². The number of carbonyl (C=O) groups is 3. The zero-order valence-electron chi connectivity index (χ0n) is 14.7. The van der Waals surface area contributed by atoms with Crippen LogP contribution in [-0.4, -0.2) is 53.6 Å². The third kappa shape index (κ3) is 4.57. The van der Waals surface area contributed by atoms with Crippen LogP contribution in [0.15, 0.2) is 26.0 Å². The maximum atomic E-state index is 12.7. The van der Waals surface area contributed by atoms with Crippen molar-refractivity contribution >= 4 is 66.8 Å². The number of amides is 3. The number of benzene rings is 1. The van der Waals surface area contributed by atoms with Gasteiger partial charge < -0.3 is 9.64 Å². The molecule has 0 bridgehead atoms. The standard InChI is InChI=1S/C18H18Br2N2O4S/c1-26-16-11(7-12(19)9-13(16)20)8-14-17(24)22(18(25)27-14)10-15(23)21-5-3-2-4-6-21/h7-9H,2-6,10H2,1H3/b14-8+. The first-order chi connectivity index (χ1) is 12.9. The highest BCUT2D eigenvalue weighted by atomic mass is 79.9. The van der Waals surface area contributed by atoms with Gasteiger partial charge in [-0.15, -0.1) is 0 Å². The molecule has 3 rings (SSSR count). The Kier molecular flexibility index (Phi) is 6.65. The van der Waals surface area contributed by atoms with Crippen molar-refractivity contribution in [1.82, 2.24) is 9.80 Å². The number of rotatable bonds is 4. The lowest BCUT2D eigenvalue weighted by Gasteiger charge is -2.27. The second-order valence-corrected chi connectivity index (χ2v) is 8.98. The smallest absolute Gasteiger partial charge is 0.294 e. The number of halogens is 2. The lowest BCUT2D eigenvalue weighted by molar-refractivity contribution is -0.136. The molecule has 9 heteroatoms. The van der Waals surface area contributed by atoms with E-state index in [0.717, 1.165) is 44.9 Å². The highest BCUT2D eigenvalue weighted by Crippen LogP contribution is 2.38. The molecule has 0 N–H and O–H groups in total. The molecule has 0 unspecified atom stereocenters. The molecule has 2 fully saturated rings. The molecule has 6 nitrogen and oxygen atoms in total. The predicted molar refractivity (Wildman–Crippen MR) is 112 cm³/mol. The molecule has 1 aromatic carbocycles. The highest BCUT2D eigenvalue weighted by Gasteiger charge is 2.37. The molecule has 0 spiro atoms. The molecule has 27 heavy (non-hydrogen) atoms. The molecule has 2 aliphatic rings. The van der Waals surface area contributed by atoms with Gasteiger partial charge in [-0.3, -0.25) is 19.3 Å². The van der Waals surface area contributed by atoms with Gasteiger partial charge in [0.2, 0.25) is 5.91 Å². The van der Waals surface area contributed by atoms with E-state index in [0.29, 0.717) is 24.4 Å². The first kappa shape index (κ1) is 20.4. The van der Waals surface area contributed by atoms with E-state index in [9.17, 15) is 14.4 Å². The van der Waals surface area contributed by atoms with Crippen molar-refractivity contribution in [2.75, 3.05) is 26.7 Å². The molecule has 0 radical (unpaired) electrons. The van der Waals surface area contributed by atoms with Gasteiger partial charge >= 0.3 is 0 Å². The van der Waals surface area contributed by atoms with E-state index < -0.39 is 11.1 Å². The van der Waals surface area contributed by atoms with Gasteiger partial charge in [-0.05, 0) is 65.2 Å². The molecular formula is C18H18Br2N2O4S. The van der Waals surface area contributed by atoms with Crippen molar-refractivity contribution in [2.45, 2.75) is 19.3 Å². The maximum absolute atomic E-state index is 12.7. The SMILES string of the molecule is COc1c(Br)cc(Br)cc1/C=C1/SC(=O)N(CC(=O)N2CCCCC2)C1=O. The number of carbonyl (C=O) groups excluding carboxylic acids is 3. The van der Waals surface area contributed by atoms with Crippen LogP contribution in [0.4, 0.5) is 4.79 Å². The summed E-state index contributed by atoms with van der Waals surface area (Å²) in [5.74, 6) is -0.0658. The molecular weight excluding hydrogens is 500 g/mol. The third-order valence-corrected chi connectivity index (χ3v) is 6.36. The summed E-state index contributed by atoms with van der Waals surface area (Å²) in [4.78, 5) is 40.4. The molecule has 2 aliphatic heterocycles. The summed E-state index contributed by atoms with van der Waals surface area (Å²) >= 11 is 7.66. The summed E-state index contributed by atoms with van der Waals surface area (Å²) < 4.78 is 6.92. The molecule has 0 aliphatic carbocycles. The van der Waals surface area contributed by atoms with Crippen LogP contribution in [0, 0.1) is 0 Å². The van der Waals surface area contributed by atoms with Crippen molar-refractivity contribution in [3.8, 4) is 5.75 Å². The third-order valence-electron chi connectivity index (χ3n) is 4.40. The fourth-order valence-electron chi connectivity index (χ4n) is 3.06. The Morgan fingerprint density at radius 1 is 1.22 bits per heavy atom. The first-order valence-corrected chi connectivity index (χ1v) is 10.9. The average Bonchev–Trinajstić information content (AvgIpc) is 2.89. The van der Waals surface area contributed by atoms with E-state index in [4.69, 9.17) is 4.74 Å². The zero-order chi connectivity index (χ0) is 19.6. The Hall–Kier alpha value is -1.32. The van der Waals surface area contributed by atoms with Crippen LogP contribution in [-0.2, 0) is 9.59 Å². The number of likely N-dealkylation sites (tertiary alicyclic amines) is 1. The minimum atomic E-state index is -0.450. The number of nitrogens with zero attached hydrogens (tertiary/aromatic N) is 2. The Balaban J connectivity index is 1.80. The number of methoxy groups -OCH3 is 1. The van der Waals surface area contributed by atoms with Gasteiger partial charge in [0.25, 0.3) is 11.1 Å². The van der Waals surface area contributed by atoms with Gasteiger partial charge in [0.1, 0.15) is 12.3 Å². The largest absolute Gasteiger partial charge is 0.495 e. The van der Waals surface area contributed by atoms with Crippen molar-refractivity contribution in [3.63, 3.8) is 0 Å². The van der Waals surface area contributed by atoms with Crippen molar-refractivity contribution in [1.29, 1.82) is 0 Å². The summed E-state index contributed by atoms with van der Waals surface area (Å²) in [7, 11) is 1.54. The average molecular weight is 518 g/mol. The van der Waals surface area contributed by atoms with E-state index >= 15 is 0 Å².